The van der Waals surface area contributed by atoms with Gasteiger partial charge in [0.25, 0.3) is 0 Å². The van der Waals surface area contributed by atoms with E-state index in [0.29, 0.717) is 0 Å². The lowest BCUT2D eigenvalue weighted by atomic mass is 10.0. The monoisotopic (exact) mass is 262 g/mol. The fraction of sp³-hybridized carbons (Fsp3) is 1.00. The van der Waals surface area contributed by atoms with Crippen LogP contribution >= 0.6 is 0 Å². The first-order valence-corrected chi connectivity index (χ1v) is 6.05. The zero-order valence-corrected chi connectivity index (χ0v) is 9.81. The van der Waals surface area contributed by atoms with Gasteiger partial charge in [-0.15, -0.1) is 0 Å². The summed E-state index contributed by atoms with van der Waals surface area (Å²) >= 11 is 0. The van der Waals surface area contributed by atoms with Gasteiger partial charge in [-0.3, -0.25) is 0 Å². The van der Waals surface area contributed by atoms with Crippen LogP contribution in [0.4, 0.5) is 0 Å². The van der Waals surface area contributed by atoms with E-state index in [2.05, 4.69) is 0 Å². The van der Waals surface area contributed by atoms with E-state index in [-0.39, 0.29) is 31.9 Å². The summed E-state index contributed by atoms with van der Waals surface area (Å²) in [5.74, 6) is 0. The number of fused-ring (bicyclic) bond motifs is 3. The standard InChI is InChI=1S/C10H18N2O6/c11-1-5-14-4(3-13)7-8(15-5)9-10(18-7)17-6(2-12)16-9/h4-10,13H,1-3,11-12H2. The van der Waals surface area contributed by atoms with Gasteiger partial charge in [-0.25, -0.2) is 0 Å². The van der Waals surface area contributed by atoms with Crippen LogP contribution in [0.5, 0.6) is 0 Å². The molecule has 8 heteroatoms. The molecule has 3 heterocycles. The third-order valence-corrected chi connectivity index (χ3v) is 3.37. The topological polar surface area (TPSA) is 118 Å². The Labute approximate surface area is 104 Å². The lowest BCUT2D eigenvalue weighted by molar-refractivity contribution is -0.296. The van der Waals surface area contributed by atoms with Gasteiger partial charge in [-0.05, 0) is 0 Å². The highest BCUT2D eigenvalue weighted by atomic mass is 16.8. The second kappa shape index (κ2) is 4.99. The van der Waals surface area contributed by atoms with Gasteiger partial charge in [0.05, 0.1) is 6.61 Å². The molecule has 0 saturated carbocycles. The van der Waals surface area contributed by atoms with E-state index >= 15 is 0 Å². The Morgan fingerprint density at radius 2 is 1.44 bits per heavy atom. The molecule has 0 amide bonds. The first-order valence-electron chi connectivity index (χ1n) is 6.05. The van der Waals surface area contributed by atoms with Crippen LogP contribution in [0.1, 0.15) is 0 Å². The molecule has 0 spiro atoms. The second-order valence-corrected chi connectivity index (χ2v) is 4.49. The van der Waals surface area contributed by atoms with Crippen molar-refractivity contribution in [2.75, 3.05) is 19.7 Å². The van der Waals surface area contributed by atoms with Gasteiger partial charge >= 0.3 is 0 Å². The largest absolute Gasteiger partial charge is 0.394 e. The van der Waals surface area contributed by atoms with E-state index in [9.17, 15) is 5.11 Å². The molecule has 5 N–H and O–H groups in total. The third kappa shape index (κ3) is 1.95. The molecule has 18 heavy (non-hydrogen) atoms. The van der Waals surface area contributed by atoms with E-state index in [0.717, 1.165) is 0 Å². The Balaban J connectivity index is 1.74. The summed E-state index contributed by atoms with van der Waals surface area (Å²) in [5.41, 5.74) is 11.0. The van der Waals surface area contributed by atoms with Gasteiger partial charge in [0.2, 0.25) is 0 Å². The highest BCUT2D eigenvalue weighted by Gasteiger charge is 2.57. The average molecular weight is 262 g/mol. The zero-order valence-electron chi connectivity index (χ0n) is 9.81. The summed E-state index contributed by atoms with van der Waals surface area (Å²) in [7, 11) is 0. The van der Waals surface area contributed by atoms with E-state index in [1.54, 1.807) is 0 Å². The third-order valence-electron chi connectivity index (χ3n) is 3.37. The molecule has 3 fully saturated rings. The molecule has 3 aliphatic heterocycles. The Kier molecular flexibility index (Phi) is 3.52. The molecule has 104 valence electrons. The van der Waals surface area contributed by atoms with Gasteiger partial charge in [0.15, 0.2) is 18.9 Å². The molecule has 0 aromatic heterocycles. The van der Waals surface area contributed by atoms with Crippen LogP contribution < -0.4 is 11.5 Å². The minimum absolute atomic E-state index is 0.166. The number of hydrogen-bond donors (Lipinski definition) is 3. The van der Waals surface area contributed by atoms with Crippen molar-refractivity contribution >= 4 is 0 Å². The smallest absolute Gasteiger partial charge is 0.190 e. The van der Waals surface area contributed by atoms with Crippen molar-refractivity contribution in [3.63, 3.8) is 0 Å². The van der Waals surface area contributed by atoms with Crippen molar-refractivity contribution in [3.05, 3.63) is 0 Å². The van der Waals surface area contributed by atoms with Crippen LogP contribution in [0.3, 0.4) is 0 Å². The number of aliphatic hydroxyl groups is 1. The van der Waals surface area contributed by atoms with Crippen LogP contribution in [0.15, 0.2) is 0 Å². The molecule has 0 bridgehead atoms. The van der Waals surface area contributed by atoms with Gasteiger partial charge < -0.3 is 40.3 Å². The first kappa shape index (κ1) is 12.7. The van der Waals surface area contributed by atoms with Crippen LogP contribution in [0.25, 0.3) is 0 Å². The SMILES string of the molecule is NCC1OC2OC3C(CO)OC(CN)OC3C2O1. The van der Waals surface area contributed by atoms with Crippen LogP contribution in [-0.4, -0.2) is 68.1 Å². The van der Waals surface area contributed by atoms with Crippen molar-refractivity contribution < 1.29 is 28.8 Å². The normalized spacial score (nSPS) is 51.2. The van der Waals surface area contributed by atoms with Gasteiger partial charge in [-0.1, -0.05) is 0 Å². The van der Waals surface area contributed by atoms with Crippen molar-refractivity contribution in [2.45, 2.75) is 43.3 Å². The predicted molar refractivity (Wildman–Crippen MR) is 57.1 cm³/mol. The average Bonchev–Trinajstić information content (AvgIpc) is 2.94. The number of hydrogen-bond acceptors (Lipinski definition) is 8. The number of aliphatic hydroxyl groups excluding tert-OH is 1. The van der Waals surface area contributed by atoms with E-state index < -0.39 is 31.1 Å². The van der Waals surface area contributed by atoms with Crippen molar-refractivity contribution in [1.82, 2.24) is 0 Å². The molecule has 0 aromatic rings. The van der Waals surface area contributed by atoms with E-state index in [4.69, 9.17) is 35.2 Å². The maximum absolute atomic E-state index is 9.31. The molecule has 3 rings (SSSR count). The zero-order chi connectivity index (χ0) is 12.7. The fourth-order valence-electron chi connectivity index (χ4n) is 2.56. The number of nitrogens with two attached hydrogens (primary N) is 2. The van der Waals surface area contributed by atoms with Crippen molar-refractivity contribution in [1.29, 1.82) is 0 Å². The summed E-state index contributed by atoms with van der Waals surface area (Å²) in [4.78, 5) is 0. The van der Waals surface area contributed by atoms with Crippen LogP contribution in [-0.2, 0) is 23.7 Å². The van der Waals surface area contributed by atoms with E-state index in [1.165, 1.54) is 0 Å². The summed E-state index contributed by atoms with van der Waals surface area (Å²) in [6, 6.07) is 0. The molecule has 3 saturated heterocycles. The maximum Gasteiger partial charge on any atom is 0.190 e. The molecular formula is C10H18N2O6. The second-order valence-electron chi connectivity index (χ2n) is 4.49. The fourth-order valence-corrected chi connectivity index (χ4v) is 2.56. The summed E-state index contributed by atoms with van der Waals surface area (Å²) in [6.45, 7) is 0.299. The highest BCUT2D eigenvalue weighted by molar-refractivity contribution is 4.98. The van der Waals surface area contributed by atoms with Crippen LogP contribution in [0, 0.1) is 0 Å². The summed E-state index contributed by atoms with van der Waals surface area (Å²) in [5, 5.41) is 9.31. The van der Waals surface area contributed by atoms with Gasteiger partial charge in [0, 0.05) is 13.1 Å². The molecule has 0 radical (unpaired) electrons. The molecule has 8 nitrogen and oxygen atoms in total. The van der Waals surface area contributed by atoms with Gasteiger partial charge in [-0.2, -0.15) is 0 Å². The number of ether oxygens (including phenoxy) is 5. The molecule has 3 aliphatic rings. The van der Waals surface area contributed by atoms with Gasteiger partial charge in [0.1, 0.15) is 24.4 Å². The van der Waals surface area contributed by atoms with E-state index in [1.807, 2.05) is 0 Å². The Morgan fingerprint density at radius 1 is 0.778 bits per heavy atom. The minimum atomic E-state index is -0.564. The van der Waals surface area contributed by atoms with Crippen molar-refractivity contribution in [3.8, 4) is 0 Å². The lowest BCUT2D eigenvalue weighted by Gasteiger charge is -2.37. The molecule has 7 unspecified atom stereocenters. The van der Waals surface area contributed by atoms with Crippen molar-refractivity contribution in [2.24, 2.45) is 11.5 Å². The highest BCUT2D eigenvalue weighted by Crippen LogP contribution is 2.38. The lowest BCUT2D eigenvalue weighted by Crippen LogP contribution is -2.54. The molecule has 7 atom stereocenters. The predicted octanol–water partition coefficient (Wildman–Crippen LogP) is -2.53. The summed E-state index contributed by atoms with van der Waals surface area (Å²) < 4.78 is 27.9. The Hall–Kier alpha value is -0.320. The Morgan fingerprint density at radius 3 is 2.11 bits per heavy atom. The molecule has 0 aromatic carbocycles. The van der Waals surface area contributed by atoms with Crippen LogP contribution in [0.2, 0.25) is 0 Å². The molecular weight excluding hydrogens is 244 g/mol. The Bertz CT molecular complexity index is 306. The first-order chi connectivity index (χ1) is 8.76. The quantitative estimate of drug-likeness (QED) is 0.509. The minimum Gasteiger partial charge on any atom is -0.394 e. The molecule has 0 aliphatic carbocycles. The number of rotatable bonds is 3. The summed E-state index contributed by atoms with van der Waals surface area (Å²) in [6.07, 6.45) is -3.16. The maximum atomic E-state index is 9.31.